The van der Waals surface area contributed by atoms with Gasteiger partial charge in [0.05, 0.1) is 6.20 Å². The highest BCUT2D eigenvalue weighted by molar-refractivity contribution is 5.80. The van der Waals surface area contributed by atoms with Gasteiger partial charge in [0, 0.05) is 18.0 Å². The van der Waals surface area contributed by atoms with Crippen molar-refractivity contribution in [2.45, 2.75) is 6.92 Å². The van der Waals surface area contributed by atoms with Crippen molar-refractivity contribution in [2.75, 3.05) is 0 Å². The van der Waals surface area contributed by atoms with Gasteiger partial charge in [-0.1, -0.05) is 17.3 Å². The summed E-state index contributed by atoms with van der Waals surface area (Å²) in [6.07, 6.45) is 6.55. The first-order chi connectivity index (χ1) is 12.3. The lowest BCUT2D eigenvalue weighted by Crippen LogP contribution is -1.95. The van der Waals surface area contributed by atoms with Gasteiger partial charge in [-0.3, -0.25) is 4.98 Å². The van der Waals surface area contributed by atoms with E-state index in [0.29, 0.717) is 22.7 Å². The molecule has 0 atom stereocenters. The first kappa shape index (κ1) is 14.9. The third-order valence-corrected chi connectivity index (χ3v) is 3.53. The van der Waals surface area contributed by atoms with Crippen LogP contribution in [0.2, 0.25) is 0 Å². The number of nitrogens with one attached hydrogen (secondary N) is 1. The Morgan fingerprint density at radius 2 is 2.00 bits per heavy atom. The molecule has 0 bridgehead atoms. The summed E-state index contributed by atoms with van der Waals surface area (Å²) in [4.78, 5) is 25.6. The van der Waals surface area contributed by atoms with Crippen LogP contribution in [0.1, 0.15) is 11.4 Å². The standard InChI is InChI=1S/C18H14N6O/c1-12-3-2-4-14(9-12)25-21-11-16-20-10-15-18(23-16)24-17(22-15)13-5-7-19-8-6-13/h2-11H,1H3,(H,20,22,23,24). The van der Waals surface area contributed by atoms with Crippen LogP contribution in [0.3, 0.4) is 0 Å². The van der Waals surface area contributed by atoms with Crippen LogP contribution < -0.4 is 4.84 Å². The van der Waals surface area contributed by atoms with Crippen molar-refractivity contribution in [3.8, 4) is 17.1 Å². The Morgan fingerprint density at radius 3 is 2.84 bits per heavy atom. The molecule has 3 heterocycles. The number of hydrogen-bond acceptors (Lipinski definition) is 6. The second-order valence-electron chi connectivity index (χ2n) is 5.43. The fourth-order valence-corrected chi connectivity index (χ4v) is 2.34. The molecule has 0 aliphatic carbocycles. The van der Waals surface area contributed by atoms with E-state index in [1.165, 1.54) is 6.21 Å². The fraction of sp³-hybridized carbons (Fsp3) is 0.0556. The summed E-state index contributed by atoms with van der Waals surface area (Å²) in [5.41, 5.74) is 3.36. The maximum Gasteiger partial charge on any atom is 0.176 e. The number of rotatable bonds is 4. The molecule has 7 nitrogen and oxygen atoms in total. The number of aryl methyl sites for hydroxylation is 1. The molecule has 4 aromatic rings. The highest BCUT2D eigenvalue weighted by Crippen LogP contribution is 2.18. The minimum Gasteiger partial charge on any atom is -0.357 e. The molecule has 0 saturated carbocycles. The third kappa shape index (κ3) is 3.35. The number of nitrogens with zero attached hydrogens (tertiary/aromatic N) is 5. The number of fused-ring (bicyclic) bond motifs is 1. The van der Waals surface area contributed by atoms with Crippen LogP contribution >= 0.6 is 0 Å². The molecule has 122 valence electrons. The molecule has 0 spiro atoms. The Hall–Kier alpha value is -3.61. The van der Waals surface area contributed by atoms with Gasteiger partial charge in [-0.2, -0.15) is 0 Å². The number of pyridine rings is 1. The second kappa shape index (κ2) is 6.48. The zero-order valence-corrected chi connectivity index (χ0v) is 13.4. The van der Waals surface area contributed by atoms with E-state index in [4.69, 9.17) is 4.84 Å². The Bertz CT molecular complexity index is 1040. The van der Waals surface area contributed by atoms with E-state index in [1.807, 2.05) is 43.3 Å². The number of oxime groups is 1. The maximum atomic E-state index is 5.33. The Morgan fingerprint density at radius 1 is 1.12 bits per heavy atom. The molecular weight excluding hydrogens is 316 g/mol. The molecule has 0 unspecified atom stereocenters. The molecule has 4 rings (SSSR count). The second-order valence-corrected chi connectivity index (χ2v) is 5.43. The van der Waals surface area contributed by atoms with Crippen molar-refractivity contribution in [3.05, 3.63) is 66.4 Å². The molecule has 1 aromatic carbocycles. The van der Waals surface area contributed by atoms with E-state index in [0.717, 1.165) is 17.0 Å². The largest absolute Gasteiger partial charge is 0.357 e. The van der Waals surface area contributed by atoms with Gasteiger partial charge in [-0.05, 0) is 36.8 Å². The smallest absolute Gasteiger partial charge is 0.176 e. The van der Waals surface area contributed by atoms with Crippen molar-refractivity contribution in [3.63, 3.8) is 0 Å². The first-order valence-electron chi connectivity index (χ1n) is 7.68. The lowest BCUT2D eigenvalue weighted by Gasteiger charge is -1.98. The number of hydrogen-bond donors (Lipinski definition) is 1. The van der Waals surface area contributed by atoms with Gasteiger partial charge in [0.25, 0.3) is 0 Å². The van der Waals surface area contributed by atoms with Gasteiger partial charge in [-0.25, -0.2) is 15.0 Å². The van der Waals surface area contributed by atoms with E-state index in [1.54, 1.807) is 18.6 Å². The maximum absolute atomic E-state index is 5.33. The van der Waals surface area contributed by atoms with Crippen LogP contribution in [0.25, 0.3) is 22.6 Å². The predicted molar refractivity (Wildman–Crippen MR) is 94.3 cm³/mol. The number of benzene rings is 1. The van der Waals surface area contributed by atoms with E-state index >= 15 is 0 Å². The van der Waals surface area contributed by atoms with Crippen molar-refractivity contribution in [1.29, 1.82) is 0 Å². The molecule has 1 N–H and O–H groups in total. The summed E-state index contributed by atoms with van der Waals surface area (Å²) < 4.78 is 0. The fourth-order valence-electron chi connectivity index (χ4n) is 2.34. The molecule has 7 heteroatoms. The molecule has 3 aromatic heterocycles. The Kier molecular flexibility index (Phi) is 3.88. The van der Waals surface area contributed by atoms with Gasteiger partial charge >= 0.3 is 0 Å². The first-order valence-corrected chi connectivity index (χ1v) is 7.68. The number of H-pyrrole nitrogens is 1. The van der Waals surface area contributed by atoms with E-state index in [2.05, 4.69) is 30.1 Å². The third-order valence-electron chi connectivity index (χ3n) is 3.53. The SMILES string of the molecule is Cc1cccc(ON=Cc2ncc3nc(-c4ccncc4)[nH]c3n2)c1. The predicted octanol–water partition coefficient (Wildman–Crippen LogP) is 3.14. The monoisotopic (exact) mass is 330 g/mol. The average Bonchev–Trinajstić information content (AvgIpc) is 3.06. The van der Waals surface area contributed by atoms with Crippen LogP contribution in [-0.2, 0) is 0 Å². The Balaban J connectivity index is 1.56. The summed E-state index contributed by atoms with van der Waals surface area (Å²) >= 11 is 0. The lowest BCUT2D eigenvalue weighted by atomic mass is 10.2. The highest BCUT2D eigenvalue weighted by atomic mass is 16.6. The van der Waals surface area contributed by atoms with Crippen LogP contribution in [0.4, 0.5) is 0 Å². The number of aromatic nitrogens is 5. The summed E-state index contributed by atoms with van der Waals surface area (Å²) in [6.45, 7) is 1.99. The highest BCUT2D eigenvalue weighted by Gasteiger charge is 2.07. The quantitative estimate of drug-likeness (QED) is 0.459. The van der Waals surface area contributed by atoms with Crippen LogP contribution in [0.5, 0.6) is 5.75 Å². The van der Waals surface area contributed by atoms with E-state index in [-0.39, 0.29) is 0 Å². The van der Waals surface area contributed by atoms with Crippen LogP contribution in [0, 0.1) is 6.92 Å². The molecule has 0 saturated heterocycles. The van der Waals surface area contributed by atoms with Gasteiger partial charge in [0.2, 0.25) is 0 Å². The summed E-state index contributed by atoms with van der Waals surface area (Å²) in [7, 11) is 0. The molecule has 0 radical (unpaired) electrons. The minimum atomic E-state index is 0.435. The topological polar surface area (TPSA) is 88.9 Å². The minimum absolute atomic E-state index is 0.435. The van der Waals surface area contributed by atoms with Crippen molar-refractivity contribution in [1.82, 2.24) is 24.9 Å². The van der Waals surface area contributed by atoms with Gasteiger partial charge in [0.15, 0.2) is 17.2 Å². The zero-order valence-electron chi connectivity index (χ0n) is 13.4. The lowest BCUT2D eigenvalue weighted by molar-refractivity contribution is 0.343. The number of aromatic amines is 1. The zero-order chi connectivity index (χ0) is 17.1. The van der Waals surface area contributed by atoms with Gasteiger partial charge < -0.3 is 9.82 Å². The normalized spacial score (nSPS) is 11.2. The van der Waals surface area contributed by atoms with E-state index < -0.39 is 0 Å². The Labute approximate surface area is 143 Å². The van der Waals surface area contributed by atoms with Crippen molar-refractivity contribution >= 4 is 17.4 Å². The molecule has 0 aliphatic rings. The van der Waals surface area contributed by atoms with E-state index in [9.17, 15) is 0 Å². The van der Waals surface area contributed by atoms with Crippen LogP contribution in [-0.4, -0.2) is 31.1 Å². The van der Waals surface area contributed by atoms with Gasteiger partial charge in [0.1, 0.15) is 17.6 Å². The number of imidazole rings is 1. The van der Waals surface area contributed by atoms with Crippen molar-refractivity contribution < 1.29 is 4.84 Å². The molecule has 25 heavy (non-hydrogen) atoms. The van der Waals surface area contributed by atoms with Gasteiger partial charge in [-0.15, -0.1) is 0 Å². The summed E-state index contributed by atoms with van der Waals surface area (Å²) in [6, 6.07) is 11.4. The molecular formula is C18H14N6O. The van der Waals surface area contributed by atoms with Crippen LogP contribution in [0.15, 0.2) is 60.1 Å². The average molecular weight is 330 g/mol. The molecule has 0 fully saturated rings. The summed E-state index contributed by atoms with van der Waals surface area (Å²) in [5, 5.41) is 3.93. The molecule has 0 amide bonds. The summed E-state index contributed by atoms with van der Waals surface area (Å²) in [5.74, 6) is 1.82. The molecule has 0 aliphatic heterocycles. The van der Waals surface area contributed by atoms with Crippen molar-refractivity contribution in [2.24, 2.45) is 5.16 Å².